The fourth-order valence-electron chi connectivity index (χ4n) is 2.96. The first-order valence-corrected chi connectivity index (χ1v) is 9.72. The number of nitrogens with two attached hydrogens (primary N) is 1. The van der Waals surface area contributed by atoms with Crippen LogP contribution in [0.3, 0.4) is 0 Å². The molecule has 2 atom stereocenters. The minimum absolute atomic E-state index is 0.00918. The number of sulfone groups is 1. The molecule has 122 valence electrons. The van der Waals surface area contributed by atoms with Gasteiger partial charge in [-0.05, 0) is 49.4 Å². The van der Waals surface area contributed by atoms with Crippen LogP contribution in [0.15, 0.2) is 24.3 Å². The van der Waals surface area contributed by atoms with Crippen LogP contribution < -0.4 is 11.1 Å². The number of aryl methyl sites for hydroxylation is 1. The highest BCUT2D eigenvalue weighted by Crippen LogP contribution is 2.31. The molecule has 22 heavy (non-hydrogen) atoms. The van der Waals surface area contributed by atoms with Crippen LogP contribution in [-0.2, 0) is 21.1 Å². The van der Waals surface area contributed by atoms with Gasteiger partial charge in [0.25, 0.3) is 0 Å². The second-order valence-corrected chi connectivity index (χ2v) is 8.36. The van der Waals surface area contributed by atoms with Crippen molar-refractivity contribution in [3.05, 3.63) is 29.8 Å². The Hall–Kier alpha value is -1.40. The predicted octanol–water partition coefficient (Wildman–Crippen LogP) is 1.59. The molecule has 1 amide bonds. The quantitative estimate of drug-likeness (QED) is 0.831. The van der Waals surface area contributed by atoms with Crippen LogP contribution in [0.1, 0.15) is 24.8 Å². The van der Waals surface area contributed by atoms with Gasteiger partial charge < -0.3 is 11.1 Å². The Bertz CT molecular complexity index is 611. The SMILES string of the molecule is CS(=O)(=O)CCc1ccc(NC(=O)[C@@H]2CCC[C@@H]2CN)cc1. The lowest BCUT2D eigenvalue weighted by Gasteiger charge is -2.17. The van der Waals surface area contributed by atoms with E-state index < -0.39 is 9.84 Å². The summed E-state index contributed by atoms with van der Waals surface area (Å²) in [6.07, 6.45) is 4.71. The van der Waals surface area contributed by atoms with E-state index in [0.717, 1.165) is 30.5 Å². The van der Waals surface area contributed by atoms with Gasteiger partial charge in [0.2, 0.25) is 5.91 Å². The Kier molecular flexibility index (Phi) is 5.58. The van der Waals surface area contributed by atoms with Gasteiger partial charge >= 0.3 is 0 Å². The van der Waals surface area contributed by atoms with E-state index in [1.165, 1.54) is 6.26 Å². The second-order valence-electron chi connectivity index (χ2n) is 6.10. The summed E-state index contributed by atoms with van der Waals surface area (Å²) in [4.78, 5) is 12.3. The molecule has 0 aliphatic heterocycles. The predicted molar refractivity (Wildman–Crippen MR) is 88.4 cm³/mol. The Morgan fingerprint density at radius 1 is 1.27 bits per heavy atom. The largest absolute Gasteiger partial charge is 0.330 e. The van der Waals surface area contributed by atoms with E-state index in [1.54, 1.807) is 0 Å². The number of carbonyl (C=O) groups excluding carboxylic acids is 1. The molecule has 3 N–H and O–H groups in total. The van der Waals surface area contributed by atoms with E-state index in [4.69, 9.17) is 5.73 Å². The summed E-state index contributed by atoms with van der Waals surface area (Å²) >= 11 is 0. The molecule has 0 radical (unpaired) electrons. The lowest BCUT2D eigenvalue weighted by atomic mass is 9.95. The molecular formula is C16H24N2O3S. The molecule has 1 aromatic rings. The molecular weight excluding hydrogens is 300 g/mol. The van der Waals surface area contributed by atoms with Crippen molar-refractivity contribution >= 4 is 21.4 Å². The van der Waals surface area contributed by atoms with Crippen LogP contribution in [0.25, 0.3) is 0 Å². The summed E-state index contributed by atoms with van der Waals surface area (Å²) in [5.41, 5.74) is 7.41. The molecule has 5 nitrogen and oxygen atoms in total. The minimum atomic E-state index is -2.95. The smallest absolute Gasteiger partial charge is 0.227 e. The first-order chi connectivity index (χ1) is 10.4. The Labute approximate surface area is 132 Å². The van der Waals surface area contributed by atoms with E-state index in [0.29, 0.717) is 13.0 Å². The lowest BCUT2D eigenvalue weighted by Crippen LogP contribution is -2.29. The Morgan fingerprint density at radius 3 is 2.55 bits per heavy atom. The monoisotopic (exact) mass is 324 g/mol. The number of carbonyl (C=O) groups is 1. The number of benzene rings is 1. The Balaban J connectivity index is 1.92. The normalized spacial score (nSPS) is 21.7. The van der Waals surface area contributed by atoms with Gasteiger partial charge in [0.05, 0.1) is 5.75 Å². The van der Waals surface area contributed by atoms with E-state index in [1.807, 2.05) is 24.3 Å². The van der Waals surface area contributed by atoms with Crippen molar-refractivity contribution in [2.45, 2.75) is 25.7 Å². The molecule has 1 aromatic carbocycles. The molecule has 0 spiro atoms. The van der Waals surface area contributed by atoms with Gasteiger partial charge in [0.15, 0.2) is 0 Å². The summed E-state index contributed by atoms with van der Waals surface area (Å²) in [5.74, 6) is 0.472. The summed E-state index contributed by atoms with van der Waals surface area (Å²) < 4.78 is 22.3. The molecule has 1 aliphatic carbocycles. The van der Waals surface area contributed by atoms with Gasteiger partial charge in [-0.15, -0.1) is 0 Å². The first kappa shape index (κ1) is 17.0. The van der Waals surface area contributed by atoms with E-state index in [-0.39, 0.29) is 23.5 Å². The highest BCUT2D eigenvalue weighted by atomic mass is 32.2. The number of anilines is 1. The Morgan fingerprint density at radius 2 is 1.95 bits per heavy atom. The number of hydrogen-bond acceptors (Lipinski definition) is 4. The van der Waals surface area contributed by atoms with Gasteiger partial charge in [-0.3, -0.25) is 4.79 Å². The summed E-state index contributed by atoms with van der Waals surface area (Å²) in [6, 6.07) is 7.36. The van der Waals surface area contributed by atoms with Crippen molar-refractivity contribution in [3.63, 3.8) is 0 Å². The molecule has 1 saturated carbocycles. The molecule has 6 heteroatoms. The molecule has 1 fully saturated rings. The maximum atomic E-state index is 12.3. The average Bonchev–Trinajstić information content (AvgIpc) is 2.94. The van der Waals surface area contributed by atoms with Crippen LogP contribution in [0.4, 0.5) is 5.69 Å². The zero-order chi connectivity index (χ0) is 16.2. The molecule has 0 unspecified atom stereocenters. The van der Waals surface area contributed by atoms with Crippen LogP contribution >= 0.6 is 0 Å². The highest BCUT2D eigenvalue weighted by Gasteiger charge is 2.31. The number of hydrogen-bond donors (Lipinski definition) is 2. The maximum absolute atomic E-state index is 12.3. The first-order valence-electron chi connectivity index (χ1n) is 7.66. The topological polar surface area (TPSA) is 89.3 Å². The fourth-order valence-corrected chi connectivity index (χ4v) is 3.56. The van der Waals surface area contributed by atoms with Gasteiger partial charge in [-0.25, -0.2) is 8.42 Å². The van der Waals surface area contributed by atoms with Crippen molar-refractivity contribution in [3.8, 4) is 0 Å². The van der Waals surface area contributed by atoms with Crippen molar-refractivity contribution < 1.29 is 13.2 Å². The highest BCUT2D eigenvalue weighted by molar-refractivity contribution is 7.90. The summed E-state index contributed by atoms with van der Waals surface area (Å²) in [7, 11) is -2.95. The molecule has 0 aromatic heterocycles. The zero-order valence-corrected chi connectivity index (χ0v) is 13.7. The van der Waals surface area contributed by atoms with Crippen LogP contribution in [0.2, 0.25) is 0 Å². The summed E-state index contributed by atoms with van der Waals surface area (Å²) in [6.45, 7) is 0.558. The molecule has 0 bridgehead atoms. The number of nitrogens with one attached hydrogen (secondary N) is 1. The van der Waals surface area contributed by atoms with Crippen molar-refractivity contribution in [1.29, 1.82) is 0 Å². The molecule has 1 aliphatic rings. The van der Waals surface area contributed by atoms with Crippen molar-refractivity contribution in [1.82, 2.24) is 0 Å². The number of rotatable bonds is 6. The lowest BCUT2D eigenvalue weighted by molar-refractivity contribution is -0.120. The standard InChI is InChI=1S/C16H24N2O3S/c1-22(20,21)10-9-12-5-7-14(8-6-12)18-16(19)15-4-2-3-13(15)11-17/h5-8,13,15H,2-4,9-11,17H2,1H3,(H,18,19)/t13-,15-/m1/s1. The molecule has 0 saturated heterocycles. The molecule has 2 rings (SSSR count). The third-order valence-electron chi connectivity index (χ3n) is 4.28. The average molecular weight is 324 g/mol. The fraction of sp³-hybridized carbons (Fsp3) is 0.562. The third kappa shape index (κ3) is 4.81. The van der Waals surface area contributed by atoms with Gasteiger partial charge in [-0.1, -0.05) is 18.6 Å². The van der Waals surface area contributed by atoms with Gasteiger partial charge in [0, 0.05) is 17.9 Å². The van der Waals surface area contributed by atoms with Crippen LogP contribution in [0, 0.1) is 11.8 Å². The third-order valence-corrected chi connectivity index (χ3v) is 5.23. The second kappa shape index (κ2) is 7.24. The van der Waals surface area contributed by atoms with E-state index in [9.17, 15) is 13.2 Å². The van der Waals surface area contributed by atoms with Gasteiger partial charge in [-0.2, -0.15) is 0 Å². The number of amides is 1. The van der Waals surface area contributed by atoms with E-state index in [2.05, 4.69) is 5.32 Å². The maximum Gasteiger partial charge on any atom is 0.227 e. The van der Waals surface area contributed by atoms with Crippen LogP contribution in [-0.4, -0.2) is 32.9 Å². The summed E-state index contributed by atoms with van der Waals surface area (Å²) in [5, 5.41) is 2.93. The van der Waals surface area contributed by atoms with Crippen LogP contribution in [0.5, 0.6) is 0 Å². The minimum Gasteiger partial charge on any atom is -0.330 e. The molecule has 0 heterocycles. The van der Waals surface area contributed by atoms with Crippen molar-refractivity contribution in [2.24, 2.45) is 17.6 Å². The van der Waals surface area contributed by atoms with Crippen molar-refractivity contribution in [2.75, 3.05) is 23.9 Å². The zero-order valence-electron chi connectivity index (χ0n) is 12.9. The van der Waals surface area contributed by atoms with E-state index >= 15 is 0 Å². The van der Waals surface area contributed by atoms with Gasteiger partial charge in [0.1, 0.15) is 9.84 Å².